The normalized spacial score (nSPS) is 11.3. The van der Waals surface area contributed by atoms with Crippen molar-refractivity contribution in [3.8, 4) is 5.75 Å². The topological polar surface area (TPSA) is 34.0 Å². The van der Waals surface area contributed by atoms with Crippen LogP contribution in [-0.4, -0.2) is 19.0 Å². The lowest BCUT2D eigenvalue weighted by molar-refractivity contribution is 0.321. The molecule has 130 valence electrons. The highest BCUT2D eigenvalue weighted by atomic mass is 19.1. The van der Waals surface area contributed by atoms with Gasteiger partial charge in [0.25, 0.3) is 0 Å². The molecular weight excluding hydrogens is 322 g/mol. The zero-order valence-corrected chi connectivity index (χ0v) is 14.1. The van der Waals surface area contributed by atoms with Crippen LogP contribution in [0.4, 0.5) is 8.78 Å². The summed E-state index contributed by atoms with van der Waals surface area (Å²) in [5.41, 5.74) is 2.44. The first kappa shape index (κ1) is 18.5. The summed E-state index contributed by atoms with van der Waals surface area (Å²) in [7, 11) is 0. The summed E-state index contributed by atoms with van der Waals surface area (Å²) in [6.07, 6.45) is 6.42. The van der Waals surface area contributed by atoms with Crippen LogP contribution >= 0.6 is 0 Å². The van der Waals surface area contributed by atoms with E-state index >= 15 is 0 Å². The van der Waals surface area contributed by atoms with Gasteiger partial charge in [-0.25, -0.2) is 8.78 Å². The lowest BCUT2D eigenvalue weighted by Gasteiger charge is -2.06. The molecule has 25 heavy (non-hydrogen) atoms. The predicted octanol–water partition coefficient (Wildman–Crippen LogP) is 4.94. The molecule has 0 radical (unpaired) electrons. The fourth-order valence-electron chi connectivity index (χ4n) is 2.19. The van der Waals surface area contributed by atoms with Crippen molar-refractivity contribution in [1.82, 2.24) is 0 Å². The van der Waals surface area contributed by atoms with Crippen molar-refractivity contribution < 1.29 is 13.5 Å². The first-order valence-corrected chi connectivity index (χ1v) is 8.02. The van der Waals surface area contributed by atoms with E-state index in [1.165, 1.54) is 17.9 Å². The van der Waals surface area contributed by atoms with Gasteiger partial charge in [0.05, 0.1) is 12.4 Å². The van der Waals surface area contributed by atoms with Gasteiger partial charge >= 0.3 is 0 Å². The zero-order valence-electron chi connectivity index (χ0n) is 14.1. The van der Waals surface area contributed by atoms with Gasteiger partial charge in [0, 0.05) is 5.56 Å². The molecule has 0 spiro atoms. The fourth-order valence-corrected chi connectivity index (χ4v) is 2.19. The molecule has 0 saturated carbocycles. The molecule has 2 rings (SSSR count). The number of halogens is 2. The molecule has 0 atom stereocenters. The number of ether oxygens (including phenoxy) is 1. The highest BCUT2D eigenvalue weighted by molar-refractivity contribution is 5.82. The Balaban J connectivity index is 2.02. The van der Waals surface area contributed by atoms with Crippen molar-refractivity contribution in [2.75, 3.05) is 6.61 Å². The monoisotopic (exact) mass is 342 g/mol. The SMILES string of the molecule is C=CCOc1c(F)cc(C=NN=Cc2ccc(CCC)cc2)cc1F. The van der Waals surface area contributed by atoms with E-state index in [0.29, 0.717) is 0 Å². The molecule has 3 nitrogen and oxygen atoms in total. The minimum absolute atomic E-state index is 0.0304. The van der Waals surface area contributed by atoms with E-state index < -0.39 is 17.4 Å². The molecule has 0 amide bonds. The number of nitrogens with zero attached hydrogens (tertiary/aromatic N) is 2. The summed E-state index contributed by atoms with van der Waals surface area (Å²) < 4.78 is 32.6. The Morgan fingerprint density at radius 2 is 1.60 bits per heavy atom. The molecule has 0 unspecified atom stereocenters. The van der Waals surface area contributed by atoms with Crippen LogP contribution in [0.3, 0.4) is 0 Å². The third-order valence-electron chi connectivity index (χ3n) is 3.36. The fraction of sp³-hybridized carbons (Fsp3) is 0.200. The maximum Gasteiger partial charge on any atom is 0.191 e. The van der Waals surface area contributed by atoms with Gasteiger partial charge in [-0.15, -0.1) is 0 Å². The molecule has 0 heterocycles. The largest absolute Gasteiger partial charge is 0.483 e. The van der Waals surface area contributed by atoms with E-state index in [9.17, 15) is 8.78 Å². The maximum atomic E-state index is 13.8. The highest BCUT2D eigenvalue weighted by Crippen LogP contribution is 2.22. The first-order valence-electron chi connectivity index (χ1n) is 8.02. The molecule has 0 aromatic heterocycles. The lowest BCUT2D eigenvalue weighted by Crippen LogP contribution is -2.00. The summed E-state index contributed by atoms with van der Waals surface area (Å²) in [5.74, 6) is -2.01. The van der Waals surface area contributed by atoms with Crippen LogP contribution in [0, 0.1) is 11.6 Å². The summed E-state index contributed by atoms with van der Waals surface area (Å²) in [6.45, 7) is 5.60. The van der Waals surface area contributed by atoms with Gasteiger partial charge in [-0.05, 0) is 29.7 Å². The Morgan fingerprint density at radius 1 is 1.00 bits per heavy atom. The van der Waals surface area contributed by atoms with Crippen molar-refractivity contribution in [3.05, 3.63) is 77.4 Å². The third kappa shape index (κ3) is 5.64. The number of rotatable bonds is 8. The smallest absolute Gasteiger partial charge is 0.191 e. The van der Waals surface area contributed by atoms with Crippen LogP contribution in [0.15, 0.2) is 59.3 Å². The molecule has 0 saturated heterocycles. The molecule has 5 heteroatoms. The average Bonchev–Trinajstić information content (AvgIpc) is 2.60. The van der Waals surface area contributed by atoms with Crippen molar-refractivity contribution in [2.24, 2.45) is 10.2 Å². The van der Waals surface area contributed by atoms with E-state index in [4.69, 9.17) is 4.74 Å². The van der Waals surface area contributed by atoms with E-state index in [2.05, 4.69) is 23.7 Å². The van der Waals surface area contributed by atoms with Crippen LogP contribution in [0.2, 0.25) is 0 Å². The van der Waals surface area contributed by atoms with E-state index in [0.717, 1.165) is 30.5 Å². The molecule has 0 aliphatic carbocycles. The van der Waals surface area contributed by atoms with Crippen molar-refractivity contribution in [3.63, 3.8) is 0 Å². The minimum atomic E-state index is -0.793. The van der Waals surface area contributed by atoms with Gasteiger partial charge < -0.3 is 4.74 Å². The lowest BCUT2D eigenvalue weighted by atomic mass is 10.1. The van der Waals surface area contributed by atoms with Crippen molar-refractivity contribution in [1.29, 1.82) is 0 Å². The molecule has 2 aromatic rings. The molecule has 0 N–H and O–H groups in total. The molecule has 2 aromatic carbocycles. The summed E-state index contributed by atoms with van der Waals surface area (Å²) >= 11 is 0. The number of benzene rings is 2. The Morgan fingerprint density at radius 3 is 2.16 bits per heavy atom. The molecule has 0 aliphatic rings. The summed E-state index contributed by atoms with van der Waals surface area (Å²) in [5, 5.41) is 7.72. The second-order valence-corrected chi connectivity index (χ2v) is 5.39. The highest BCUT2D eigenvalue weighted by Gasteiger charge is 2.11. The van der Waals surface area contributed by atoms with Gasteiger partial charge in [0.15, 0.2) is 17.4 Å². The summed E-state index contributed by atoms with van der Waals surface area (Å²) in [4.78, 5) is 0. The van der Waals surface area contributed by atoms with E-state index in [1.54, 1.807) is 6.21 Å². The van der Waals surface area contributed by atoms with Crippen molar-refractivity contribution >= 4 is 12.4 Å². The van der Waals surface area contributed by atoms with Gasteiger partial charge in [-0.1, -0.05) is 50.3 Å². The summed E-state index contributed by atoms with van der Waals surface area (Å²) in [6, 6.07) is 10.3. The molecule has 0 aliphatic heterocycles. The standard InChI is InChI=1S/C20H20F2N2O/c1-3-5-15-6-8-16(9-7-15)13-23-24-14-17-11-18(21)20(19(22)12-17)25-10-4-2/h4,6-9,11-14H,2-3,5,10H2,1H3. The number of hydrogen-bond donors (Lipinski definition) is 0. The Hall–Kier alpha value is -2.82. The third-order valence-corrected chi connectivity index (χ3v) is 3.36. The zero-order chi connectivity index (χ0) is 18.1. The van der Waals surface area contributed by atoms with Crippen LogP contribution in [-0.2, 0) is 6.42 Å². The van der Waals surface area contributed by atoms with Gasteiger partial charge in [0.2, 0.25) is 0 Å². The Kier molecular flexibility index (Phi) is 7.01. The van der Waals surface area contributed by atoms with Gasteiger partial charge in [0.1, 0.15) is 6.61 Å². The van der Waals surface area contributed by atoms with Crippen molar-refractivity contribution in [2.45, 2.75) is 19.8 Å². The Labute approximate surface area is 146 Å². The van der Waals surface area contributed by atoms with Gasteiger partial charge in [-0.2, -0.15) is 10.2 Å². The second-order valence-electron chi connectivity index (χ2n) is 5.39. The Bertz CT molecular complexity index is 745. The quantitative estimate of drug-likeness (QED) is 0.380. The van der Waals surface area contributed by atoms with Crippen LogP contribution < -0.4 is 4.74 Å². The second kappa shape index (κ2) is 9.47. The molecular formula is C20H20F2N2O. The van der Waals surface area contributed by atoms with Crippen LogP contribution in [0.5, 0.6) is 5.75 Å². The first-order chi connectivity index (χ1) is 12.1. The van der Waals surface area contributed by atoms with E-state index in [1.807, 2.05) is 24.3 Å². The maximum absolute atomic E-state index is 13.8. The van der Waals surface area contributed by atoms with E-state index in [-0.39, 0.29) is 12.2 Å². The minimum Gasteiger partial charge on any atom is -0.483 e. The van der Waals surface area contributed by atoms with Crippen LogP contribution in [0.1, 0.15) is 30.0 Å². The molecule has 0 fully saturated rings. The average molecular weight is 342 g/mol. The number of aryl methyl sites for hydroxylation is 1. The molecule has 0 bridgehead atoms. The van der Waals surface area contributed by atoms with Crippen LogP contribution in [0.25, 0.3) is 0 Å². The number of hydrogen-bond acceptors (Lipinski definition) is 3. The predicted molar refractivity (Wildman–Crippen MR) is 97.7 cm³/mol. The van der Waals surface area contributed by atoms with Gasteiger partial charge in [-0.3, -0.25) is 0 Å².